The van der Waals surface area contributed by atoms with Gasteiger partial charge in [0.2, 0.25) is 0 Å². The van der Waals surface area contributed by atoms with E-state index in [0.29, 0.717) is 12.0 Å². The number of carbonyl (C=O) groups excluding carboxylic acids is 1. The first kappa shape index (κ1) is 14.3. The normalized spacial score (nSPS) is 25.4. The standard InChI is InChI=1S/C14H27NO2/c1-5-8-11-9-6-7-10-12(11)15-13(16)17-14(2,3)4/h11-12H,5-10H2,1-4H3,(H,15,16). The molecule has 1 aliphatic rings. The molecule has 0 aromatic carbocycles. The lowest BCUT2D eigenvalue weighted by molar-refractivity contribution is 0.0466. The zero-order valence-electron chi connectivity index (χ0n) is 11.7. The quantitative estimate of drug-likeness (QED) is 0.814. The fourth-order valence-corrected chi connectivity index (χ4v) is 2.57. The second kappa shape index (κ2) is 6.27. The average molecular weight is 241 g/mol. The highest BCUT2D eigenvalue weighted by molar-refractivity contribution is 5.68. The molecule has 1 rings (SSSR count). The molecule has 3 nitrogen and oxygen atoms in total. The van der Waals surface area contributed by atoms with Gasteiger partial charge in [0.1, 0.15) is 5.60 Å². The third kappa shape index (κ3) is 5.42. The summed E-state index contributed by atoms with van der Waals surface area (Å²) >= 11 is 0. The highest BCUT2D eigenvalue weighted by Crippen LogP contribution is 2.28. The third-order valence-corrected chi connectivity index (χ3v) is 3.27. The number of nitrogens with one attached hydrogen (secondary N) is 1. The summed E-state index contributed by atoms with van der Waals surface area (Å²) in [6.45, 7) is 7.91. The van der Waals surface area contributed by atoms with E-state index in [1.165, 1.54) is 32.1 Å². The van der Waals surface area contributed by atoms with Crippen molar-refractivity contribution in [2.75, 3.05) is 0 Å². The van der Waals surface area contributed by atoms with Gasteiger partial charge in [-0.15, -0.1) is 0 Å². The van der Waals surface area contributed by atoms with E-state index in [4.69, 9.17) is 4.74 Å². The van der Waals surface area contributed by atoms with Crippen LogP contribution in [0.15, 0.2) is 0 Å². The van der Waals surface area contributed by atoms with Gasteiger partial charge in [0.15, 0.2) is 0 Å². The topological polar surface area (TPSA) is 38.3 Å². The van der Waals surface area contributed by atoms with E-state index in [2.05, 4.69) is 12.2 Å². The number of amides is 1. The van der Waals surface area contributed by atoms with E-state index in [-0.39, 0.29) is 6.09 Å². The Kier molecular flexibility index (Phi) is 5.29. The minimum Gasteiger partial charge on any atom is -0.444 e. The molecule has 0 saturated heterocycles. The van der Waals surface area contributed by atoms with E-state index in [9.17, 15) is 4.79 Å². The maximum absolute atomic E-state index is 11.7. The largest absolute Gasteiger partial charge is 0.444 e. The van der Waals surface area contributed by atoms with E-state index >= 15 is 0 Å². The van der Waals surface area contributed by atoms with Crippen molar-refractivity contribution in [1.82, 2.24) is 5.32 Å². The van der Waals surface area contributed by atoms with Crippen LogP contribution in [0.4, 0.5) is 4.79 Å². The van der Waals surface area contributed by atoms with E-state index in [1.54, 1.807) is 0 Å². The van der Waals surface area contributed by atoms with Crippen molar-refractivity contribution >= 4 is 6.09 Å². The first-order chi connectivity index (χ1) is 7.92. The third-order valence-electron chi connectivity index (χ3n) is 3.27. The fraction of sp³-hybridized carbons (Fsp3) is 0.929. The number of hydrogen-bond acceptors (Lipinski definition) is 2. The van der Waals surface area contributed by atoms with E-state index in [1.807, 2.05) is 20.8 Å². The highest BCUT2D eigenvalue weighted by Gasteiger charge is 2.27. The van der Waals surface area contributed by atoms with Crippen molar-refractivity contribution in [3.63, 3.8) is 0 Å². The second-order valence-electron chi connectivity index (χ2n) is 6.09. The summed E-state index contributed by atoms with van der Waals surface area (Å²) in [6, 6.07) is 0.318. The molecule has 1 saturated carbocycles. The average Bonchev–Trinajstić information content (AvgIpc) is 2.18. The molecule has 100 valence electrons. The van der Waals surface area contributed by atoms with Crippen LogP contribution in [0.25, 0.3) is 0 Å². The molecule has 0 aromatic heterocycles. The molecule has 0 bridgehead atoms. The summed E-state index contributed by atoms with van der Waals surface area (Å²) in [5.74, 6) is 0.640. The van der Waals surface area contributed by atoms with Crippen molar-refractivity contribution in [3.8, 4) is 0 Å². The molecule has 3 heteroatoms. The van der Waals surface area contributed by atoms with Gasteiger partial charge in [0.05, 0.1) is 0 Å². The van der Waals surface area contributed by atoms with Crippen LogP contribution in [0.1, 0.15) is 66.2 Å². The van der Waals surface area contributed by atoms with Gasteiger partial charge in [-0.2, -0.15) is 0 Å². The summed E-state index contributed by atoms with van der Waals surface area (Å²) in [7, 11) is 0. The van der Waals surface area contributed by atoms with Crippen LogP contribution in [0, 0.1) is 5.92 Å². The molecule has 0 radical (unpaired) electrons. The van der Waals surface area contributed by atoms with Crippen molar-refractivity contribution in [2.45, 2.75) is 77.9 Å². The minimum atomic E-state index is -0.404. The van der Waals surface area contributed by atoms with Crippen LogP contribution in [0.3, 0.4) is 0 Å². The zero-order valence-corrected chi connectivity index (χ0v) is 11.7. The molecule has 2 atom stereocenters. The molecule has 1 fully saturated rings. The first-order valence-electron chi connectivity index (χ1n) is 6.92. The van der Waals surface area contributed by atoms with Gasteiger partial charge in [0.25, 0.3) is 0 Å². The summed E-state index contributed by atoms with van der Waals surface area (Å²) in [4.78, 5) is 11.7. The predicted molar refractivity (Wildman–Crippen MR) is 70.0 cm³/mol. The van der Waals surface area contributed by atoms with Gasteiger partial charge in [-0.05, 0) is 46.0 Å². The number of rotatable bonds is 3. The van der Waals surface area contributed by atoms with Gasteiger partial charge in [0, 0.05) is 6.04 Å². The van der Waals surface area contributed by atoms with Gasteiger partial charge in [-0.25, -0.2) is 4.79 Å². The lowest BCUT2D eigenvalue weighted by Gasteiger charge is -2.32. The Balaban J connectivity index is 2.44. The molecular formula is C14H27NO2. The smallest absolute Gasteiger partial charge is 0.407 e. The minimum absolute atomic E-state index is 0.259. The molecule has 0 heterocycles. The van der Waals surface area contributed by atoms with Crippen molar-refractivity contribution in [1.29, 1.82) is 0 Å². The maximum Gasteiger partial charge on any atom is 0.407 e. The monoisotopic (exact) mass is 241 g/mol. The van der Waals surface area contributed by atoms with E-state index < -0.39 is 5.60 Å². The molecular weight excluding hydrogens is 214 g/mol. The lowest BCUT2D eigenvalue weighted by atomic mass is 9.82. The molecule has 1 amide bonds. The highest BCUT2D eigenvalue weighted by atomic mass is 16.6. The summed E-state index contributed by atoms with van der Waals surface area (Å²) in [5.41, 5.74) is -0.404. The number of alkyl carbamates (subject to hydrolysis) is 1. The molecule has 0 spiro atoms. The van der Waals surface area contributed by atoms with E-state index in [0.717, 1.165) is 6.42 Å². The van der Waals surface area contributed by atoms with Crippen LogP contribution in [0.5, 0.6) is 0 Å². The Morgan fingerprint density at radius 3 is 2.53 bits per heavy atom. The van der Waals surface area contributed by atoms with Crippen LogP contribution in [-0.2, 0) is 4.74 Å². The maximum atomic E-state index is 11.7. The Bertz CT molecular complexity index is 243. The van der Waals surface area contributed by atoms with Gasteiger partial charge in [-0.3, -0.25) is 0 Å². The van der Waals surface area contributed by atoms with Crippen molar-refractivity contribution in [3.05, 3.63) is 0 Å². The van der Waals surface area contributed by atoms with Gasteiger partial charge >= 0.3 is 6.09 Å². The van der Waals surface area contributed by atoms with Crippen LogP contribution >= 0.6 is 0 Å². The van der Waals surface area contributed by atoms with Gasteiger partial charge < -0.3 is 10.1 Å². The fourth-order valence-electron chi connectivity index (χ4n) is 2.57. The molecule has 2 unspecified atom stereocenters. The number of carbonyl (C=O) groups is 1. The van der Waals surface area contributed by atoms with Crippen LogP contribution in [-0.4, -0.2) is 17.7 Å². The number of hydrogen-bond donors (Lipinski definition) is 1. The molecule has 0 aromatic rings. The summed E-state index contributed by atoms with van der Waals surface area (Å²) < 4.78 is 5.32. The molecule has 1 aliphatic carbocycles. The molecule has 1 N–H and O–H groups in total. The van der Waals surface area contributed by atoms with Gasteiger partial charge in [-0.1, -0.05) is 26.2 Å². The Hall–Kier alpha value is -0.730. The zero-order chi connectivity index (χ0) is 12.9. The summed E-state index contributed by atoms with van der Waals surface area (Å²) in [6.07, 6.45) is 7.01. The summed E-state index contributed by atoms with van der Waals surface area (Å²) in [5, 5.41) is 3.05. The molecule has 17 heavy (non-hydrogen) atoms. The first-order valence-corrected chi connectivity index (χ1v) is 6.92. The number of ether oxygens (including phenoxy) is 1. The molecule has 0 aliphatic heterocycles. The second-order valence-corrected chi connectivity index (χ2v) is 6.09. The Morgan fingerprint density at radius 2 is 1.94 bits per heavy atom. The van der Waals surface area contributed by atoms with Crippen molar-refractivity contribution in [2.24, 2.45) is 5.92 Å². The SMILES string of the molecule is CCCC1CCCCC1NC(=O)OC(C)(C)C. The lowest BCUT2D eigenvalue weighted by Crippen LogP contribution is -2.44. The van der Waals surface area contributed by atoms with Crippen molar-refractivity contribution < 1.29 is 9.53 Å². The van der Waals surface area contributed by atoms with Crippen LogP contribution in [0.2, 0.25) is 0 Å². The Labute approximate surface area is 105 Å². The predicted octanol–water partition coefficient (Wildman–Crippen LogP) is 3.87. The Morgan fingerprint density at radius 1 is 1.29 bits per heavy atom. The van der Waals surface area contributed by atoms with Crippen LogP contribution < -0.4 is 5.32 Å².